The summed E-state index contributed by atoms with van der Waals surface area (Å²) in [6.07, 6.45) is 5.47. The van der Waals surface area contributed by atoms with Gasteiger partial charge in [0.1, 0.15) is 5.82 Å². The van der Waals surface area contributed by atoms with Crippen molar-refractivity contribution in [3.05, 3.63) is 46.3 Å². The number of nitrogen functional groups attached to an aromatic ring is 1. The lowest BCUT2D eigenvalue weighted by Crippen LogP contribution is -2.56. The van der Waals surface area contributed by atoms with E-state index in [0.717, 1.165) is 51.0 Å². The van der Waals surface area contributed by atoms with Gasteiger partial charge in [-0.25, -0.2) is 4.98 Å². The summed E-state index contributed by atoms with van der Waals surface area (Å²) in [5.41, 5.74) is 7.11. The molecule has 138 valence electrons. The number of hydrogen-bond donors (Lipinski definition) is 1. The second-order valence-corrected chi connectivity index (χ2v) is 8.39. The van der Waals surface area contributed by atoms with Crippen molar-refractivity contribution in [1.82, 2.24) is 14.8 Å². The summed E-state index contributed by atoms with van der Waals surface area (Å²) >= 11 is 1.78. The minimum atomic E-state index is 0.341. The lowest BCUT2D eigenvalue weighted by molar-refractivity contribution is -0.141. The number of thiophene rings is 1. The fourth-order valence-corrected chi connectivity index (χ4v) is 5.07. The average molecular weight is 371 g/mol. The van der Waals surface area contributed by atoms with E-state index in [1.165, 1.54) is 4.88 Å². The third kappa shape index (κ3) is 3.76. The highest BCUT2D eigenvalue weighted by molar-refractivity contribution is 7.09. The Morgan fingerprint density at radius 2 is 2.19 bits per heavy atom. The Balaban J connectivity index is 1.38. The molecule has 0 unspecified atom stereocenters. The van der Waals surface area contributed by atoms with E-state index in [9.17, 15) is 4.79 Å². The van der Waals surface area contributed by atoms with Gasteiger partial charge in [-0.3, -0.25) is 9.69 Å². The molecule has 0 saturated carbocycles. The molecule has 2 aliphatic rings. The molecule has 6 heteroatoms. The van der Waals surface area contributed by atoms with E-state index in [-0.39, 0.29) is 0 Å². The Bertz CT molecular complexity index is 748. The maximum atomic E-state index is 12.5. The number of nitrogens with two attached hydrogens (primary N) is 1. The number of piperidine rings is 2. The van der Waals surface area contributed by atoms with Gasteiger partial charge in [-0.05, 0) is 42.7 Å². The standard InChI is InChI=1S/C20H26N4OS/c21-20-16(3-1-9-22-20)14-23-10-8-18-15(13-23)5-6-19(25)24(18)11-7-17-4-2-12-26-17/h1-4,9,12,15,18H,5-8,10-11,13-14H2,(H2,21,22)/t15-,18+/m0/s1. The molecule has 0 spiro atoms. The highest BCUT2D eigenvalue weighted by Gasteiger charge is 2.39. The van der Waals surface area contributed by atoms with Crippen molar-refractivity contribution in [2.45, 2.75) is 38.3 Å². The van der Waals surface area contributed by atoms with Crippen LogP contribution in [0.25, 0.3) is 0 Å². The predicted molar refractivity (Wildman–Crippen MR) is 105 cm³/mol. The van der Waals surface area contributed by atoms with Crippen LogP contribution < -0.4 is 5.73 Å². The van der Waals surface area contributed by atoms with Crippen LogP contribution in [-0.4, -0.2) is 46.4 Å². The first-order valence-electron chi connectivity index (χ1n) is 9.44. The van der Waals surface area contributed by atoms with Gasteiger partial charge in [0, 0.05) is 55.3 Å². The molecule has 4 heterocycles. The largest absolute Gasteiger partial charge is 0.383 e. The van der Waals surface area contributed by atoms with Crippen molar-refractivity contribution in [2.24, 2.45) is 5.92 Å². The van der Waals surface area contributed by atoms with Crippen LogP contribution in [0.5, 0.6) is 0 Å². The minimum Gasteiger partial charge on any atom is -0.383 e. The number of amides is 1. The molecular weight excluding hydrogens is 344 g/mol. The number of fused-ring (bicyclic) bond motifs is 1. The molecule has 2 aromatic rings. The second kappa shape index (κ2) is 7.76. The summed E-state index contributed by atoms with van der Waals surface area (Å²) in [5.74, 6) is 1.54. The summed E-state index contributed by atoms with van der Waals surface area (Å²) in [4.78, 5) is 22.7. The summed E-state index contributed by atoms with van der Waals surface area (Å²) in [6.45, 7) is 3.77. The van der Waals surface area contributed by atoms with Crippen LogP contribution in [0, 0.1) is 5.92 Å². The zero-order chi connectivity index (χ0) is 17.9. The van der Waals surface area contributed by atoms with Crippen molar-refractivity contribution in [2.75, 3.05) is 25.4 Å². The summed E-state index contributed by atoms with van der Waals surface area (Å²) in [7, 11) is 0. The van der Waals surface area contributed by atoms with Gasteiger partial charge in [0.05, 0.1) is 0 Å². The van der Waals surface area contributed by atoms with Gasteiger partial charge in [-0.1, -0.05) is 12.1 Å². The molecule has 0 radical (unpaired) electrons. The van der Waals surface area contributed by atoms with Crippen LogP contribution in [-0.2, 0) is 17.8 Å². The highest BCUT2D eigenvalue weighted by atomic mass is 32.1. The van der Waals surface area contributed by atoms with Crippen molar-refractivity contribution in [1.29, 1.82) is 0 Å². The Morgan fingerprint density at radius 3 is 3.00 bits per heavy atom. The summed E-state index contributed by atoms with van der Waals surface area (Å²) in [5, 5.41) is 2.11. The lowest BCUT2D eigenvalue weighted by atomic mass is 9.83. The molecule has 1 amide bonds. The number of anilines is 1. The molecule has 2 aliphatic heterocycles. The van der Waals surface area contributed by atoms with Crippen LogP contribution in [0.1, 0.15) is 29.7 Å². The van der Waals surface area contributed by atoms with Crippen molar-refractivity contribution in [3.8, 4) is 0 Å². The number of aromatic nitrogens is 1. The molecule has 5 nitrogen and oxygen atoms in total. The van der Waals surface area contributed by atoms with Gasteiger partial charge in [0.2, 0.25) is 5.91 Å². The first-order valence-corrected chi connectivity index (χ1v) is 10.3. The van der Waals surface area contributed by atoms with Crippen LogP contribution in [0.4, 0.5) is 5.82 Å². The average Bonchev–Trinajstić information content (AvgIpc) is 3.16. The second-order valence-electron chi connectivity index (χ2n) is 7.35. The number of nitrogens with zero attached hydrogens (tertiary/aromatic N) is 3. The molecule has 2 saturated heterocycles. The van der Waals surface area contributed by atoms with Crippen LogP contribution >= 0.6 is 11.3 Å². The van der Waals surface area contributed by atoms with Gasteiger partial charge < -0.3 is 10.6 Å². The fraction of sp³-hybridized carbons (Fsp3) is 0.500. The molecule has 2 aromatic heterocycles. The first kappa shape index (κ1) is 17.5. The maximum absolute atomic E-state index is 12.5. The summed E-state index contributed by atoms with van der Waals surface area (Å²) in [6, 6.07) is 8.66. The van der Waals surface area contributed by atoms with Crippen molar-refractivity contribution in [3.63, 3.8) is 0 Å². The molecular formula is C20H26N4OS. The predicted octanol–water partition coefficient (Wildman–Crippen LogP) is 2.78. The van der Waals surface area contributed by atoms with E-state index < -0.39 is 0 Å². The third-order valence-electron chi connectivity index (χ3n) is 5.73. The summed E-state index contributed by atoms with van der Waals surface area (Å²) < 4.78 is 0. The van der Waals surface area contributed by atoms with E-state index in [2.05, 4.69) is 38.4 Å². The van der Waals surface area contributed by atoms with E-state index in [1.54, 1.807) is 17.5 Å². The fourth-order valence-electron chi connectivity index (χ4n) is 4.37. The number of pyridine rings is 1. The molecule has 2 fully saturated rings. The van der Waals surface area contributed by atoms with Crippen LogP contribution in [0.2, 0.25) is 0 Å². The Kier molecular flexibility index (Phi) is 5.22. The van der Waals surface area contributed by atoms with Crippen molar-refractivity contribution >= 4 is 23.1 Å². The minimum absolute atomic E-state index is 0.341. The number of carbonyl (C=O) groups is 1. The quantitative estimate of drug-likeness (QED) is 0.879. The maximum Gasteiger partial charge on any atom is 0.222 e. The van der Waals surface area contributed by atoms with E-state index in [4.69, 9.17) is 5.73 Å². The normalized spacial score (nSPS) is 23.8. The monoisotopic (exact) mass is 370 g/mol. The molecule has 2 N–H and O–H groups in total. The molecule has 0 aromatic carbocycles. The highest BCUT2D eigenvalue weighted by Crippen LogP contribution is 2.32. The number of rotatable bonds is 5. The zero-order valence-electron chi connectivity index (χ0n) is 15.0. The van der Waals surface area contributed by atoms with E-state index >= 15 is 0 Å². The Hall–Kier alpha value is -1.92. The number of hydrogen-bond acceptors (Lipinski definition) is 5. The van der Waals surface area contributed by atoms with Gasteiger partial charge >= 0.3 is 0 Å². The molecule has 0 bridgehead atoms. The lowest BCUT2D eigenvalue weighted by Gasteiger charge is -2.47. The number of likely N-dealkylation sites (tertiary alicyclic amines) is 2. The topological polar surface area (TPSA) is 62.5 Å². The first-order chi connectivity index (χ1) is 12.7. The molecule has 0 aliphatic carbocycles. The number of carbonyl (C=O) groups excluding carboxylic acids is 1. The van der Waals surface area contributed by atoms with Gasteiger partial charge in [-0.2, -0.15) is 0 Å². The van der Waals surface area contributed by atoms with Gasteiger partial charge in [0.15, 0.2) is 0 Å². The smallest absolute Gasteiger partial charge is 0.222 e. The molecule has 2 atom stereocenters. The third-order valence-corrected chi connectivity index (χ3v) is 6.66. The van der Waals surface area contributed by atoms with Crippen LogP contribution in [0.3, 0.4) is 0 Å². The van der Waals surface area contributed by atoms with Gasteiger partial charge in [-0.15, -0.1) is 11.3 Å². The van der Waals surface area contributed by atoms with E-state index in [0.29, 0.717) is 30.1 Å². The SMILES string of the molecule is Nc1ncccc1CN1CC[C@@H]2[C@@H](CCC(=O)N2CCc2cccs2)C1. The zero-order valence-corrected chi connectivity index (χ0v) is 15.8. The Morgan fingerprint density at radius 1 is 1.27 bits per heavy atom. The molecule has 26 heavy (non-hydrogen) atoms. The Labute approximate surface area is 158 Å². The van der Waals surface area contributed by atoms with Crippen LogP contribution in [0.15, 0.2) is 35.8 Å². The van der Waals surface area contributed by atoms with Crippen molar-refractivity contribution < 1.29 is 4.79 Å². The van der Waals surface area contributed by atoms with Gasteiger partial charge in [0.25, 0.3) is 0 Å². The molecule has 4 rings (SSSR count). The van der Waals surface area contributed by atoms with E-state index in [1.807, 2.05) is 6.07 Å².